The van der Waals surface area contributed by atoms with Gasteiger partial charge in [0.25, 0.3) is 0 Å². The first-order valence-electron chi connectivity index (χ1n) is 6.14. The van der Waals surface area contributed by atoms with Crippen LogP contribution in [0.5, 0.6) is 0 Å². The van der Waals surface area contributed by atoms with Crippen molar-refractivity contribution in [3.63, 3.8) is 0 Å². The first kappa shape index (κ1) is 15.4. The van der Waals surface area contributed by atoms with Crippen molar-refractivity contribution in [3.05, 3.63) is 23.8 Å². The van der Waals surface area contributed by atoms with Crippen LogP contribution in [0, 0.1) is 11.8 Å². The standard InChI is InChI=1S/C14H26O2/c1-6-7-13(9-8-11(2)3)10-16-14(15)12(4)5/h7-9,11-12,14-15H,6,10H2,1-5H3/b9-8-,13-7+. The molecule has 0 saturated heterocycles. The molecule has 0 saturated carbocycles. The predicted molar refractivity (Wildman–Crippen MR) is 69.1 cm³/mol. The summed E-state index contributed by atoms with van der Waals surface area (Å²) in [6.45, 7) is 10.8. The van der Waals surface area contributed by atoms with Crippen LogP contribution in [0.2, 0.25) is 0 Å². The Morgan fingerprint density at radius 2 is 1.88 bits per heavy atom. The lowest BCUT2D eigenvalue weighted by Gasteiger charge is -2.15. The summed E-state index contributed by atoms with van der Waals surface area (Å²) in [5.41, 5.74) is 1.14. The third-order valence-electron chi connectivity index (χ3n) is 2.15. The Kier molecular flexibility index (Phi) is 8.22. The van der Waals surface area contributed by atoms with Gasteiger partial charge in [-0.2, -0.15) is 0 Å². The maximum atomic E-state index is 9.55. The molecule has 0 amide bonds. The van der Waals surface area contributed by atoms with E-state index < -0.39 is 6.29 Å². The molecule has 0 aliphatic rings. The molecule has 2 heteroatoms. The highest BCUT2D eigenvalue weighted by molar-refractivity contribution is 5.19. The van der Waals surface area contributed by atoms with Gasteiger partial charge in [-0.3, -0.25) is 0 Å². The second-order valence-corrected chi connectivity index (χ2v) is 4.74. The number of rotatable bonds is 7. The molecule has 0 fully saturated rings. The molecule has 0 spiro atoms. The van der Waals surface area contributed by atoms with Gasteiger partial charge in [0.15, 0.2) is 6.29 Å². The van der Waals surface area contributed by atoms with Crippen LogP contribution in [0.1, 0.15) is 41.0 Å². The first-order chi connectivity index (χ1) is 7.47. The Bertz CT molecular complexity index is 227. The molecule has 1 N–H and O–H groups in total. The Balaban J connectivity index is 4.20. The zero-order valence-electron chi connectivity index (χ0n) is 11.2. The van der Waals surface area contributed by atoms with E-state index >= 15 is 0 Å². The van der Waals surface area contributed by atoms with Crippen LogP contribution >= 0.6 is 0 Å². The lowest BCUT2D eigenvalue weighted by atomic mass is 10.1. The van der Waals surface area contributed by atoms with Gasteiger partial charge in [-0.25, -0.2) is 0 Å². The van der Waals surface area contributed by atoms with Crippen molar-refractivity contribution in [1.29, 1.82) is 0 Å². The third kappa shape index (κ3) is 7.66. The van der Waals surface area contributed by atoms with Crippen molar-refractivity contribution in [2.45, 2.75) is 47.3 Å². The Labute approximate surface area is 100 Å². The van der Waals surface area contributed by atoms with E-state index in [1.54, 1.807) is 0 Å². The van der Waals surface area contributed by atoms with Gasteiger partial charge in [0, 0.05) is 5.92 Å². The molecule has 0 aliphatic carbocycles. The summed E-state index contributed by atoms with van der Waals surface area (Å²) < 4.78 is 5.39. The fourth-order valence-electron chi connectivity index (χ4n) is 1.13. The number of aliphatic hydroxyl groups excluding tert-OH is 1. The molecule has 1 atom stereocenters. The lowest BCUT2D eigenvalue weighted by Crippen LogP contribution is -2.19. The zero-order valence-corrected chi connectivity index (χ0v) is 11.2. The molecule has 0 heterocycles. The van der Waals surface area contributed by atoms with Crippen molar-refractivity contribution in [1.82, 2.24) is 0 Å². The van der Waals surface area contributed by atoms with E-state index in [1.807, 2.05) is 13.8 Å². The van der Waals surface area contributed by atoms with Crippen molar-refractivity contribution in [2.24, 2.45) is 11.8 Å². The summed E-state index contributed by atoms with van der Waals surface area (Å²) in [7, 11) is 0. The molecule has 16 heavy (non-hydrogen) atoms. The molecule has 0 radical (unpaired) electrons. The highest BCUT2D eigenvalue weighted by Crippen LogP contribution is 2.08. The van der Waals surface area contributed by atoms with E-state index in [4.69, 9.17) is 4.74 Å². The molecule has 0 aliphatic heterocycles. The van der Waals surface area contributed by atoms with Crippen LogP contribution in [-0.2, 0) is 4.74 Å². The Morgan fingerprint density at radius 1 is 1.25 bits per heavy atom. The maximum absolute atomic E-state index is 9.55. The van der Waals surface area contributed by atoms with Gasteiger partial charge in [-0.1, -0.05) is 52.8 Å². The summed E-state index contributed by atoms with van der Waals surface area (Å²) in [6.07, 6.45) is 6.67. The highest BCUT2D eigenvalue weighted by Gasteiger charge is 2.09. The predicted octanol–water partition coefficient (Wildman–Crippen LogP) is 3.53. The van der Waals surface area contributed by atoms with Crippen molar-refractivity contribution in [2.75, 3.05) is 6.61 Å². The average molecular weight is 226 g/mol. The molecule has 0 aromatic heterocycles. The van der Waals surface area contributed by atoms with E-state index in [9.17, 15) is 5.11 Å². The molecular weight excluding hydrogens is 200 g/mol. The van der Waals surface area contributed by atoms with E-state index in [-0.39, 0.29) is 5.92 Å². The van der Waals surface area contributed by atoms with Gasteiger partial charge in [-0.05, 0) is 17.9 Å². The second-order valence-electron chi connectivity index (χ2n) is 4.74. The van der Waals surface area contributed by atoms with Crippen LogP contribution < -0.4 is 0 Å². The number of hydrogen-bond acceptors (Lipinski definition) is 2. The van der Waals surface area contributed by atoms with Gasteiger partial charge in [0.05, 0.1) is 6.61 Å². The molecule has 2 nitrogen and oxygen atoms in total. The zero-order chi connectivity index (χ0) is 12.6. The Morgan fingerprint density at radius 3 is 2.31 bits per heavy atom. The van der Waals surface area contributed by atoms with Gasteiger partial charge in [0.1, 0.15) is 0 Å². The second kappa shape index (κ2) is 8.54. The quantitative estimate of drug-likeness (QED) is 0.531. The summed E-state index contributed by atoms with van der Waals surface area (Å²) in [5, 5.41) is 9.55. The van der Waals surface area contributed by atoms with Crippen LogP contribution in [0.4, 0.5) is 0 Å². The summed E-state index contributed by atoms with van der Waals surface area (Å²) >= 11 is 0. The summed E-state index contributed by atoms with van der Waals surface area (Å²) in [4.78, 5) is 0. The number of ether oxygens (including phenoxy) is 1. The molecule has 0 aromatic carbocycles. The minimum atomic E-state index is -0.673. The fourth-order valence-corrected chi connectivity index (χ4v) is 1.13. The van der Waals surface area contributed by atoms with Crippen molar-refractivity contribution in [3.8, 4) is 0 Å². The summed E-state index contributed by atoms with van der Waals surface area (Å²) in [5.74, 6) is 0.673. The molecule has 0 aromatic rings. The van der Waals surface area contributed by atoms with E-state index in [0.717, 1.165) is 12.0 Å². The van der Waals surface area contributed by atoms with Gasteiger partial charge >= 0.3 is 0 Å². The van der Waals surface area contributed by atoms with E-state index in [0.29, 0.717) is 12.5 Å². The lowest BCUT2D eigenvalue weighted by molar-refractivity contribution is -0.118. The van der Waals surface area contributed by atoms with Gasteiger partial charge in [0.2, 0.25) is 0 Å². The molecule has 0 bridgehead atoms. The normalized spacial score (nSPS) is 15.4. The molecule has 1 unspecified atom stereocenters. The largest absolute Gasteiger partial charge is 0.368 e. The van der Waals surface area contributed by atoms with Crippen LogP contribution in [0.3, 0.4) is 0 Å². The highest BCUT2D eigenvalue weighted by atomic mass is 16.6. The summed E-state index contributed by atoms with van der Waals surface area (Å²) in [6, 6.07) is 0. The molecule has 94 valence electrons. The van der Waals surface area contributed by atoms with Crippen molar-refractivity contribution >= 4 is 0 Å². The first-order valence-corrected chi connectivity index (χ1v) is 6.14. The van der Waals surface area contributed by atoms with Crippen LogP contribution in [-0.4, -0.2) is 18.0 Å². The number of aliphatic hydroxyl groups is 1. The van der Waals surface area contributed by atoms with E-state index in [1.165, 1.54) is 0 Å². The topological polar surface area (TPSA) is 29.5 Å². The number of allylic oxidation sites excluding steroid dienone is 2. The van der Waals surface area contributed by atoms with Crippen LogP contribution in [0.15, 0.2) is 23.8 Å². The number of hydrogen-bond donors (Lipinski definition) is 1. The third-order valence-corrected chi connectivity index (χ3v) is 2.15. The minimum Gasteiger partial charge on any atom is -0.368 e. The monoisotopic (exact) mass is 226 g/mol. The van der Waals surface area contributed by atoms with E-state index in [2.05, 4.69) is 39.0 Å². The molecule has 0 rings (SSSR count). The van der Waals surface area contributed by atoms with Crippen molar-refractivity contribution < 1.29 is 9.84 Å². The van der Waals surface area contributed by atoms with Gasteiger partial charge in [-0.15, -0.1) is 0 Å². The Hall–Kier alpha value is -0.600. The van der Waals surface area contributed by atoms with Gasteiger partial charge < -0.3 is 9.84 Å². The smallest absolute Gasteiger partial charge is 0.157 e. The maximum Gasteiger partial charge on any atom is 0.157 e. The minimum absolute atomic E-state index is 0.136. The SMILES string of the molecule is CC/C=C(\C=C/C(C)C)COC(O)C(C)C. The van der Waals surface area contributed by atoms with Crippen LogP contribution in [0.25, 0.3) is 0 Å². The fraction of sp³-hybridized carbons (Fsp3) is 0.714. The molecular formula is C14H26O2. The average Bonchev–Trinajstić information content (AvgIpc) is 2.21.